The molecule has 1 N–H and O–H groups in total. The van der Waals surface area contributed by atoms with Gasteiger partial charge in [-0.1, -0.05) is 32.6 Å². The van der Waals surface area contributed by atoms with Gasteiger partial charge in [0.1, 0.15) is 5.82 Å². The van der Waals surface area contributed by atoms with Gasteiger partial charge in [-0.15, -0.1) is 0 Å². The maximum atomic E-state index is 12.9. The van der Waals surface area contributed by atoms with Gasteiger partial charge in [-0.25, -0.2) is 9.78 Å². The first-order valence-corrected chi connectivity index (χ1v) is 11.5. The molecule has 2 heterocycles. The number of carbonyl (C=O) groups is 2. The molecule has 1 amide bonds. The van der Waals surface area contributed by atoms with Gasteiger partial charge in [0.25, 0.3) is 11.5 Å². The molecule has 1 aromatic carbocycles. The highest BCUT2D eigenvalue weighted by atomic mass is 16.5. The molecule has 1 fully saturated rings. The molecule has 0 spiro atoms. The third-order valence-corrected chi connectivity index (χ3v) is 6.59. The Morgan fingerprint density at radius 2 is 1.94 bits per heavy atom. The molecular formula is C24H31N3O4. The van der Waals surface area contributed by atoms with Crippen LogP contribution in [0.1, 0.15) is 74.5 Å². The second-order valence-electron chi connectivity index (χ2n) is 8.89. The Bertz CT molecular complexity index is 1030. The Morgan fingerprint density at radius 3 is 2.77 bits per heavy atom. The third kappa shape index (κ3) is 4.97. The lowest BCUT2D eigenvalue weighted by molar-refractivity contribution is -0.125. The number of aromatic nitrogens is 2. The van der Waals surface area contributed by atoms with Crippen molar-refractivity contribution in [2.24, 2.45) is 5.92 Å². The second-order valence-corrected chi connectivity index (χ2v) is 8.89. The number of aryl methyl sites for hydroxylation is 1. The van der Waals surface area contributed by atoms with Crippen molar-refractivity contribution in [1.29, 1.82) is 0 Å². The highest BCUT2D eigenvalue weighted by Crippen LogP contribution is 2.23. The van der Waals surface area contributed by atoms with Gasteiger partial charge in [0, 0.05) is 19.0 Å². The minimum absolute atomic E-state index is 0.0530. The molecule has 1 aliphatic carbocycles. The predicted octanol–water partition coefficient (Wildman–Crippen LogP) is 3.36. The summed E-state index contributed by atoms with van der Waals surface area (Å²) in [4.78, 5) is 42.3. The van der Waals surface area contributed by atoms with Crippen molar-refractivity contribution in [1.82, 2.24) is 14.9 Å². The van der Waals surface area contributed by atoms with Crippen LogP contribution in [0.3, 0.4) is 0 Å². The Labute approximate surface area is 182 Å². The normalized spacial score (nSPS) is 21.6. The van der Waals surface area contributed by atoms with E-state index in [2.05, 4.69) is 17.2 Å². The number of nitrogens with zero attached hydrogens (tertiary/aromatic N) is 2. The van der Waals surface area contributed by atoms with E-state index in [4.69, 9.17) is 4.74 Å². The summed E-state index contributed by atoms with van der Waals surface area (Å²) in [5, 5.41) is 3.49. The highest BCUT2D eigenvalue weighted by molar-refractivity contribution is 5.95. The summed E-state index contributed by atoms with van der Waals surface area (Å²) in [7, 11) is 0. The van der Waals surface area contributed by atoms with Gasteiger partial charge in [0.15, 0.2) is 6.61 Å². The highest BCUT2D eigenvalue weighted by Gasteiger charge is 2.23. The molecule has 0 radical (unpaired) electrons. The maximum Gasteiger partial charge on any atom is 0.338 e. The fourth-order valence-corrected chi connectivity index (χ4v) is 4.72. The van der Waals surface area contributed by atoms with Crippen molar-refractivity contribution in [3.8, 4) is 0 Å². The number of fused-ring (bicyclic) bond motifs is 2. The van der Waals surface area contributed by atoms with E-state index in [-0.39, 0.29) is 24.1 Å². The summed E-state index contributed by atoms with van der Waals surface area (Å²) < 4.78 is 7.01. The van der Waals surface area contributed by atoms with Crippen LogP contribution < -0.4 is 10.9 Å². The Hall–Kier alpha value is -2.70. The quantitative estimate of drug-likeness (QED) is 0.759. The number of ether oxygens (including phenoxy) is 1. The van der Waals surface area contributed by atoms with Crippen LogP contribution in [0.2, 0.25) is 0 Å². The second kappa shape index (κ2) is 9.62. The van der Waals surface area contributed by atoms with Crippen LogP contribution in [0.4, 0.5) is 0 Å². The van der Waals surface area contributed by atoms with Gasteiger partial charge in [-0.05, 0) is 49.8 Å². The Morgan fingerprint density at radius 1 is 1.13 bits per heavy atom. The van der Waals surface area contributed by atoms with Crippen LogP contribution in [0.25, 0.3) is 10.9 Å². The van der Waals surface area contributed by atoms with Crippen LogP contribution in [-0.4, -0.2) is 34.1 Å². The van der Waals surface area contributed by atoms with Crippen molar-refractivity contribution in [3.05, 3.63) is 39.9 Å². The lowest BCUT2D eigenvalue weighted by atomic mass is 9.86. The molecular weight excluding hydrogens is 394 g/mol. The zero-order chi connectivity index (χ0) is 21.8. The first-order valence-electron chi connectivity index (χ1n) is 11.5. The molecule has 31 heavy (non-hydrogen) atoms. The number of carbonyl (C=O) groups excluding carboxylic acids is 2. The lowest BCUT2D eigenvalue weighted by Gasteiger charge is -2.29. The first kappa shape index (κ1) is 21.5. The largest absolute Gasteiger partial charge is 0.452 e. The summed E-state index contributed by atoms with van der Waals surface area (Å²) in [6.07, 6.45) is 9.41. The molecule has 4 rings (SSSR count). The predicted molar refractivity (Wildman–Crippen MR) is 118 cm³/mol. The third-order valence-electron chi connectivity index (χ3n) is 6.59. The molecule has 2 atom stereocenters. The minimum Gasteiger partial charge on any atom is -0.452 e. The number of rotatable bonds is 4. The number of esters is 1. The van der Waals surface area contributed by atoms with E-state index in [0.717, 1.165) is 57.2 Å². The van der Waals surface area contributed by atoms with Gasteiger partial charge in [-0.3, -0.25) is 14.2 Å². The van der Waals surface area contributed by atoms with Crippen LogP contribution in [0.5, 0.6) is 0 Å². The number of hydrogen-bond donors (Lipinski definition) is 1. The summed E-state index contributed by atoms with van der Waals surface area (Å²) in [6.45, 7) is 2.53. The molecule has 2 aromatic rings. The zero-order valence-corrected chi connectivity index (χ0v) is 18.2. The van der Waals surface area contributed by atoms with E-state index in [1.807, 2.05) is 0 Å². The topological polar surface area (TPSA) is 90.3 Å². The van der Waals surface area contributed by atoms with Crippen LogP contribution >= 0.6 is 0 Å². The van der Waals surface area contributed by atoms with E-state index in [9.17, 15) is 14.4 Å². The molecule has 7 heteroatoms. The summed E-state index contributed by atoms with van der Waals surface area (Å²) in [5.41, 5.74) is 0.753. The molecule has 1 aromatic heterocycles. The fourth-order valence-electron chi connectivity index (χ4n) is 4.72. The first-order chi connectivity index (χ1) is 15.0. The standard InChI is InChI=1S/C24H31N3O4/c1-16-8-5-6-9-19(16)26-22(28)15-31-24(30)17-11-12-18-20(14-17)25-21-10-4-2-3-7-13-27(21)23(18)29/h11-12,14,16,19H,2-10,13,15H2,1H3,(H,26,28)/t16-,19-/m0/s1. The van der Waals surface area contributed by atoms with E-state index in [1.54, 1.807) is 22.8 Å². The molecule has 0 bridgehead atoms. The van der Waals surface area contributed by atoms with E-state index < -0.39 is 5.97 Å². The average molecular weight is 426 g/mol. The van der Waals surface area contributed by atoms with Gasteiger partial charge < -0.3 is 10.1 Å². The number of benzene rings is 1. The van der Waals surface area contributed by atoms with Gasteiger partial charge >= 0.3 is 5.97 Å². The zero-order valence-electron chi connectivity index (χ0n) is 18.2. The number of amides is 1. The molecule has 0 unspecified atom stereocenters. The van der Waals surface area contributed by atoms with E-state index in [1.165, 1.54) is 6.42 Å². The van der Waals surface area contributed by atoms with Crippen LogP contribution in [0.15, 0.2) is 23.0 Å². The van der Waals surface area contributed by atoms with E-state index >= 15 is 0 Å². The molecule has 1 saturated carbocycles. The van der Waals surface area contributed by atoms with E-state index in [0.29, 0.717) is 28.9 Å². The monoisotopic (exact) mass is 425 g/mol. The fraction of sp³-hybridized carbons (Fsp3) is 0.583. The summed E-state index contributed by atoms with van der Waals surface area (Å²) in [5.74, 6) is 0.371. The van der Waals surface area contributed by atoms with Crippen LogP contribution in [-0.2, 0) is 22.5 Å². The Balaban J connectivity index is 1.45. The maximum absolute atomic E-state index is 12.9. The number of nitrogens with one attached hydrogen (secondary N) is 1. The van der Waals surface area contributed by atoms with Crippen LogP contribution in [0, 0.1) is 5.92 Å². The average Bonchev–Trinajstić information content (AvgIpc) is 2.75. The summed E-state index contributed by atoms with van der Waals surface area (Å²) in [6, 6.07) is 4.96. The van der Waals surface area contributed by atoms with Gasteiger partial charge in [-0.2, -0.15) is 0 Å². The molecule has 2 aliphatic rings. The van der Waals surface area contributed by atoms with Crippen molar-refractivity contribution < 1.29 is 14.3 Å². The summed E-state index contributed by atoms with van der Waals surface area (Å²) >= 11 is 0. The van der Waals surface area contributed by atoms with Crippen molar-refractivity contribution in [3.63, 3.8) is 0 Å². The minimum atomic E-state index is -0.581. The van der Waals surface area contributed by atoms with Crippen molar-refractivity contribution in [2.45, 2.75) is 77.3 Å². The molecule has 7 nitrogen and oxygen atoms in total. The SMILES string of the molecule is C[C@H]1CCCC[C@@H]1NC(=O)COC(=O)c1ccc2c(=O)n3c(nc2c1)CCCCCC3. The number of hydrogen-bond acceptors (Lipinski definition) is 5. The van der Waals surface area contributed by atoms with Gasteiger partial charge in [0.2, 0.25) is 0 Å². The van der Waals surface area contributed by atoms with Crippen molar-refractivity contribution >= 4 is 22.8 Å². The van der Waals surface area contributed by atoms with Crippen molar-refractivity contribution in [2.75, 3.05) is 6.61 Å². The molecule has 1 aliphatic heterocycles. The lowest BCUT2D eigenvalue weighted by Crippen LogP contribution is -2.42. The molecule has 0 saturated heterocycles. The molecule has 166 valence electrons. The smallest absolute Gasteiger partial charge is 0.338 e. The Kier molecular flexibility index (Phi) is 6.68. The van der Waals surface area contributed by atoms with Gasteiger partial charge in [0.05, 0.1) is 16.5 Å².